The fraction of sp³-hybridized carbons (Fsp3) is 0.0909. The first-order valence-corrected chi connectivity index (χ1v) is 8.50. The topological polar surface area (TPSA) is 51.6 Å². The van der Waals surface area contributed by atoms with Crippen LogP contribution in [0.25, 0.3) is 22.3 Å². The number of pyridine rings is 4. The van der Waals surface area contributed by atoms with Crippen LogP contribution < -0.4 is 0 Å². The Labute approximate surface area is 153 Å². The number of hydrogen-bond acceptors (Lipinski definition) is 4. The highest BCUT2D eigenvalue weighted by Gasteiger charge is 2.44. The van der Waals surface area contributed by atoms with Gasteiger partial charge in [-0.3, -0.25) is 19.9 Å². The molecule has 6 rings (SSSR count). The minimum atomic E-state index is -1.57. The molecule has 0 spiro atoms. The van der Waals surface area contributed by atoms with Crippen molar-refractivity contribution in [3.63, 3.8) is 0 Å². The van der Waals surface area contributed by atoms with Gasteiger partial charge in [0.25, 0.3) is 0 Å². The summed E-state index contributed by atoms with van der Waals surface area (Å²) in [5, 5.41) is 0. The van der Waals surface area contributed by atoms with Crippen molar-refractivity contribution in [1.82, 2.24) is 19.9 Å². The quantitative estimate of drug-likeness (QED) is 0.523. The van der Waals surface area contributed by atoms with E-state index in [1.165, 1.54) is 0 Å². The van der Waals surface area contributed by atoms with Crippen molar-refractivity contribution in [1.29, 1.82) is 0 Å². The number of aromatic nitrogens is 4. The van der Waals surface area contributed by atoms with Crippen molar-refractivity contribution < 1.29 is 2.74 Å². The molecule has 0 fully saturated rings. The van der Waals surface area contributed by atoms with Crippen molar-refractivity contribution in [3.8, 4) is 22.3 Å². The lowest BCUT2D eigenvalue weighted by Crippen LogP contribution is -2.14. The summed E-state index contributed by atoms with van der Waals surface area (Å²) in [4.78, 5) is 18.2. The molecule has 0 N–H and O–H groups in total. The molecule has 0 saturated heterocycles. The molecule has 122 valence electrons. The fourth-order valence-electron chi connectivity index (χ4n) is 3.99. The standard InChI is InChI=1S/C22H14N4/c1-5-13-14-6-2-10-24-20(14)17(19(13)23-9-1)18-21-15(7-3-11-25-21)16-8-4-12-26-22(16)18/h1-12,17-18H/i17D,18D. The maximum absolute atomic E-state index is 9.71. The highest BCUT2D eigenvalue weighted by atomic mass is 14.8. The molecule has 0 unspecified atom stereocenters. The Balaban J connectivity index is 1.78. The molecule has 0 bridgehead atoms. The van der Waals surface area contributed by atoms with Gasteiger partial charge < -0.3 is 0 Å². The van der Waals surface area contributed by atoms with Gasteiger partial charge in [-0.05, 0) is 24.3 Å². The molecule has 0 radical (unpaired) electrons. The molecule has 0 aliphatic heterocycles. The van der Waals surface area contributed by atoms with E-state index in [0.717, 1.165) is 22.3 Å². The first kappa shape index (κ1) is 12.0. The number of nitrogens with zero attached hydrogens (tertiary/aromatic N) is 4. The largest absolute Gasteiger partial charge is 0.260 e. The van der Waals surface area contributed by atoms with Crippen molar-refractivity contribution in [2.24, 2.45) is 0 Å². The molecule has 26 heavy (non-hydrogen) atoms. The van der Waals surface area contributed by atoms with Crippen molar-refractivity contribution in [2.75, 3.05) is 0 Å². The zero-order valence-electron chi connectivity index (χ0n) is 15.7. The average molecular weight is 336 g/mol. The van der Waals surface area contributed by atoms with Crippen LogP contribution in [-0.4, -0.2) is 19.9 Å². The van der Waals surface area contributed by atoms with E-state index in [-0.39, 0.29) is 0 Å². The third-order valence-corrected chi connectivity index (χ3v) is 5.01. The summed E-state index contributed by atoms with van der Waals surface area (Å²) in [7, 11) is 0. The Kier molecular flexibility index (Phi) is 2.34. The molecule has 4 aromatic rings. The molecule has 0 amide bonds. The maximum Gasteiger partial charge on any atom is 0.0588 e. The highest BCUT2D eigenvalue weighted by molar-refractivity contribution is 5.81. The molecule has 0 aromatic carbocycles. The molecule has 0 atom stereocenters. The van der Waals surface area contributed by atoms with E-state index >= 15 is 0 Å². The van der Waals surface area contributed by atoms with Crippen LogP contribution in [0.15, 0.2) is 73.3 Å². The zero-order chi connectivity index (χ0) is 18.9. The van der Waals surface area contributed by atoms with Crippen LogP contribution >= 0.6 is 0 Å². The van der Waals surface area contributed by atoms with Crippen LogP contribution in [-0.2, 0) is 0 Å². The fourth-order valence-corrected chi connectivity index (χ4v) is 3.99. The van der Waals surface area contributed by atoms with Crippen molar-refractivity contribution in [2.45, 2.75) is 11.8 Å². The highest BCUT2D eigenvalue weighted by Crippen LogP contribution is 2.55. The summed E-state index contributed by atoms with van der Waals surface area (Å²) in [5.74, 6) is -3.13. The minimum absolute atomic E-state index is 0.522. The van der Waals surface area contributed by atoms with Gasteiger partial charge in [0, 0.05) is 49.8 Å². The van der Waals surface area contributed by atoms with Gasteiger partial charge in [0.2, 0.25) is 0 Å². The molecule has 2 aliphatic rings. The predicted molar refractivity (Wildman–Crippen MR) is 98.6 cm³/mol. The Morgan fingerprint density at radius 3 is 1.04 bits per heavy atom. The van der Waals surface area contributed by atoms with Gasteiger partial charge in [0.05, 0.1) is 34.6 Å². The normalized spacial score (nSPS) is 18.2. The average Bonchev–Trinajstić information content (AvgIpc) is 3.19. The molecule has 0 saturated carbocycles. The summed E-state index contributed by atoms with van der Waals surface area (Å²) in [6, 6.07) is 15.2. The summed E-state index contributed by atoms with van der Waals surface area (Å²) in [5.41, 5.74) is 5.46. The Morgan fingerprint density at radius 1 is 0.500 bits per heavy atom. The van der Waals surface area contributed by atoms with Crippen molar-refractivity contribution >= 4 is 0 Å². The van der Waals surface area contributed by atoms with E-state index in [0.29, 0.717) is 22.8 Å². The Hall–Kier alpha value is -3.40. The summed E-state index contributed by atoms with van der Waals surface area (Å²) in [6.45, 7) is 0. The van der Waals surface area contributed by atoms with Gasteiger partial charge >= 0.3 is 0 Å². The molecule has 2 aliphatic carbocycles. The summed E-state index contributed by atoms with van der Waals surface area (Å²) in [6.07, 6.45) is 6.69. The van der Waals surface area contributed by atoms with Crippen LogP contribution in [0.4, 0.5) is 0 Å². The van der Waals surface area contributed by atoms with Gasteiger partial charge in [-0.1, -0.05) is 24.3 Å². The van der Waals surface area contributed by atoms with E-state index in [2.05, 4.69) is 19.9 Å². The van der Waals surface area contributed by atoms with E-state index in [1.807, 2.05) is 48.5 Å². The lowest BCUT2D eigenvalue weighted by atomic mass is 9.86. The first-order chi connectivity index (χ1) is 13.7. The smallest absolute Gasteiger partial charge is 0.0588 e. The third kappa shape index (κ3) is 1.68. The molecular formula is C22H14N4. The van der Waals surface area contributed by atoms with Gasteiger partial charge in [0.1, 0.15) is 0 Å². The van der Waals surface area contributed by atoms with E-state index in [4.69, 9.17) is 0 Å². The van der Waals surface area contributed by atoms with Crippen LogP contribution in [0, 0.1) is 0 Å². The summed E-state index contributed by atoms with van der Waals surface area (Å²) < 4.78 is 19.4. The second-order valence-electron chi connectivity index (χ2n) is 6.35. The number of rotatable bonds is 1. The minimum Gasteiger partial charge on any atom is -0.260 e. The molecule has 4 aromatic heterocycles. The summed E-state index contributed by atoms with van der Waals surface area (Å²) >= 11 is 0. The van der Waals surface area contributed by atoms with Crippen LogP contribution in [0.2, 0.25) is 0 Å². The van der Waals surface area contributed by atoms with Crippen molar-refractivity contribution in [3.05, 3.63) is 96.1 Å². The molecule has 4 nitrogen and oxygen atoms in total. The monoisotopic (exact) mass is 336 g/mol. The lowest BCUT2D eigenvalue weighted by Gasteiger charge is -2.20. The van der Waals surface area contributed by atoms with Gasteiger partial charge in [-0.2, -0.15) is 0 Å². The lowest BCUT2D eigenvalue weighted by molar-refractivity contribution is 0.656. The maximum atomic E-state index is 9.71. The second kappa shape index (κ2) is 5.05. The van der Waals surface area contributed by atoms with E-state index in [1.54, 1.807) is 24.8 Å². The molecular weight excluding hydrogens is 320 g/mol. The number of hydrogen-bond donors (Lipinski definition) is 0. The van der Waals surface area contributed by atoms with E-state index in [9.17, 15) is 2.74 Å². The van der Waals surface area contributed by atoms with Gasteiger partial charge in [-0.15, -0.1) is 0 Å². The van der Waals surface area contributed by atoms with Crippen LogP contribution in [0.1, 0.15) is 37.3 Å². The zero-order valence-corrected chi connectivity index (χ0v) is 13.7. The predicted octanol–water partition coefficient (Wildman–Crippen LogP) is 4.19. The number of fused-ring (bicyclic) bond motifs is 6. The van der Waals surface area contributed by atoms with E-state index < -0.39 is 11.8 Å². The second-order valence-corrected chi connectivity index (χ2v) is 6.35. The van der Waals surface area contributed by atoms with Crippen LogP contribution in [0.3, 0.4) is 0 Å². The van der Waals surface area contributed by atoms with Gasteiger partial charge in [0.15, 0.2) is 0 Å². The molecule has 4 heteroatoms. The Bertz CT molecular complexity index is 1080. The van der Waals surface area contributed by atoms with Crippen LogP contribution in [0.5, 0.6) is 0 Å². The molecule has 4 heterocycles. The third-order valence-electron chi connectivity index (χ3n) is 5.01. The Morgan fingerprint density at radius 2 is 0.769 bits per heavy atom. The first-order valence-electron chi connectivity index (χ1n) is 9.50. The van der Waals surface area contributed by atoms with Gasteiger partial charge in [-0.25, -0.2) is 0 Å². The SMILES string of the molecule is [2H]C1(C2([2H])c3ncccc3-c3cccnc32)c2ncccc2-c2cccnc21.